The first kappa shape index (κ1) is 21.0. The molecule has 2 rings (SSSR count). The van der Waals surface area contributed by atoms with E-state index in [9.17, 15) is 9.90 Å². The minimum atomic E-state index is -0.597. The Balaban J connectivity index is 1.66. The molecule has 1 N–H and O–H groups in total. The number of unbranched alkanes of at least 4 members (excludes halogenated alkanes) is 3. The summed E-state index contributed by atoms with van der Waals surface area (Å²) in [5.74, 6) is 1.04. The second kappa shape index (κ2) is 11.4. The molecule has 27 heavy (non-hydrogen) atoms. The highest BCUT2D eigenvalue weighted by Crippen LogP contribution is 2.28. The van der Waals surface area contributed by atoms with Crippen molar-refractivity contribution in [1.82, 2.24) is 0 Å². The Kier molecular flexibility index (Phi) is 8.85. The predicted molar refractivity (Wildman–Crippen MR) is 108 cm³/mol. The van der Waals surface area contributed by atoms with E-state index in [-0.39, 0.29) is 12.2 Å². The highest BCUT2D eigenvalue weighted by molar-refractivity contribution is 5.97. The van der Waals surface area contributed by atoms with E-state index >= 15 is 0 Å². The summed E-state index contributed by atoms with van der Waals surface area (Å²) in [5, 5.41) is 10.2. The van der Waals surface area contributed by atoms with Crippen LogP contribution >= 0.6 is 0 Å². The van der Waals surface area contributed by atoms with Crippen molar-refractivity contribution < 1.29 is 19.4 Å². The van der Waals surface area contributed by atoms with Crippen LogP contribution in [0, 0.1) is 0 Å². The fraction of sp³-hybridized carbons (Fsp3) is 0.435. The van der Waals surface area contributed by atoms with Gasteiger partial charge in [0.25, 0.3) is 0 Å². The Morgan fingerprint density at radius 3 is 2.33 bits per heavy atom. The SMILES string of the molecule is COc1ccc(C(=O)CC(O)CCCCCCc2ccccc2)cc1OC. The summed E-state index contributed by atoms with van der Waals surface area (Å²) < 4.78 is 10.4. The number of hydrogen-bond acceptors (Lipinski definition) is 4. The molecule has 0 saturated carbocycles. The number of ether oxygens (including phenoxy) is 2. The van der Waals surface area contributed by atoms with Crippen LogP contribution in [0.4, 0.5) is 0 Å². The van der Waals surface area contributed by atoms with Crippen LogP contribution in [0.2, 0.25) is 0 Å². The average Bonchev–Trinajstić information content (AvgIpc) is 2.70. The number of benzene rings is 2. The molecule has 0 radical (unpaired) electrons. The maximum absolute atomic E-state index is 12.4. The molecule has 0 bridgehead atoms. The minimum Gasteiger partial charge on any atom is -0.493 e. The number of carbonyl (C=O) groups excluding carboxylic acids is 1. The molecule has 0 heterocycles. The van der Waals surface area contributed by atoms with Gasteiger partial charge in [-0.05, 0) is 43.0 Å². The van der Waals surface area contributed by atoms with Crippen LogP contribution in [0.1, 0.15) is 54.4 Å². The Labute approximate surface area is 162 Å². The largest absolute Gasteiger partial charge is 0.493 e. The van der Waals surface area contributed by atoms with Crippen LogP contribution in [0.5, 0.6) is 11.5 Å². The third-order valence-electron chi connectivity index (χ3n) is 4.72. The van der Waals surface area contributed by atoms with E-state index in [4.69, 9.17) is 9.47 Å². The van der Waals surface area contributed by atoms with Gasteiger partial charge in [-0.15, -0.1) is 0 Å². The molecular formula is C23H30O4. The van der Waals surface area contributed by atoms with E-state index in [0.29, 0.717) is 23.5 Å². The van der Waals surface area contributed by atoms with Crippen molar-refractivity contribution in [3.8, 4) is 11.5 Å². The van der Waals surface area contributed by atoms with Crippen molar-refractivity contribution in [3.63, 3.8) is 0 Å². The third-order valence-corrected chi connectivity index (χ3v) is 4.72. The van der Waals surface area contributed by atoms with Crippen molar-refractivity contribution >= 4 is 5.78 Å². The predicted octanol–water partition coefficient (Wildman–Crippen LogP) is 4.83. The van der Waals surface area contributed by atoms with Crippen molar-refractivity contribution in [1.29, 1.82) is 0 Å². The number of methoxy groups -OCH3 is 2. The van der Waals surface area contributed by atoms with E-state index < -0.39 is 6.10 Å². The van der Waals surface area contributed by atoms with Crippen LogP contribution in [-0.2, 0) is 6.42 Å². The summed E-state index contributed by atoms with van der Waals surface area (Å²) in [6, 6.07) is 15.6. The van der Waals surface area contributed by atoms with Crippen LogP contribution < -0.4 is 9.47 Å². The number of Topliss-reactive ketones (excluding diaryl/α,β-unsaturated/α-hetero) is 1. The lowest BCUT2D eigenvalue weighted by Crippen LogP contribution is -2.13. The molecule has 4 heteroatoms. The molecule has 0 aliphatic heterocycles. The zero-order chi connectivity index (χ0) is 19.5. The number of carbonyl (C=O) groups is 1. The van der Waals surface area contributed by atoms with Gasteiger partial charge in [-0.1, -0.05) is 49.6 Å². The number of ketones is 1. The molecule has 0 fully saturated rings. The van der Waals surface area contributed by atoms with E-state index in [1.807, 2.05) is 6.07 Å². The second-order valence-corrected chi connectivity index (χ2v) is 6.79. The molecule has 0 aromatic heterocycles. The third kappa shape index (κ3) is 7.06. The molecule has 0 aliphatic carbocycles. The van der Waals surface area contributed by atoms with E-state index in [1.165, 1.54) is 5.56 Å². The lowest BCUT2D eigenvalue weighted by Gasteiger charge is -2.12. The summed E-state index contributed by atoms with van der Waals surface area (Å²) >= 11 is 0. The molecule has 0 spiro atoms. The fourth-order valence-electron chi connectivity index (χ4n) is 3.15. The number of aliphatic hydroxyl groups is 1. The number of aliphatic hydroxyl groups excluding tert-OH is 1. The van der Waals surface area contributed by atoms with Gasteiger partial charge < -0.3 is 14.6 Å². The number of rotatable bonds is 12. The van der Waals surface area contributed by atoms with Gasteiger partial charge in [-0.3, -0.25) is 4.79 Å². The second-order valence-electron chi connectivity index (χ2n) is 6.79. The Morgan fingerprint density at radius 2 is 1.63 bits per heavy atom. The smallest absolute Gasteiger partial charge is 0.165 e. The fourth-order valence-corrected chi connectivity index (χ4v) is 3.15. The molecule has 1 atom stereocenters. The molecule has 1 unspecified atom stereocenters. The summed E-state index contributed by atoms with van der Waals surface area (Å²) in [5.41, 5.74) is 1.91. The van der Waals surface area contributed by atoms with Crippen molar-refractivity contribution in [2.24, 2.45) is 0 Å². The average molecular weight is 370 g/mol. The van der Waals surface area contributed by atoms with Gasteiger partial charge in [0.1, 0.15) is 0 Å². The quantitative estimate of drug-likeness (QED) is 0.429. The lowest BCUT2D eigenvalue weighted by atomic mass is 10.00. The summed E-state index contributed by atoms with van der Waals surface area (Å²) in [4.78, 5) is 12.4. The molecule has 0 amide bonds. The molecule has 4 nitrogen and oxygen atoms in total. The first-order chi connectivity index (χ1) is 13.1. The van der Waals surface area contributed by atoms with Gasteiger partial charge in [0.05, 0.1) is 20.3 Å². The zero-order valence-electron chi connectivity index (χ0n) is 16.3. The van der Waals surface area contributed by atoms with Gasteiger partial charge in [-0.2, -0.15) is 0 Å². The lowest BCUT2D eigenvalue weighted by molar-refractivity contribution is 0.0863. The molecule has 0 saturated heterocycles. The molecule has 0 aliphatic rings. The van der Waals surface area contributed by atoms with Crippen LogP contribution in [0.15, 0.2) is 48.5 Å². The van der Waals surface area contributed by atoms with E-state index in [1.54, 1.807) is 32.4 Å². The summed E-state index contributed by atoms with van der Waals surface area (Å²) in [7, 11) is 3.10. The maximum Gasteiger partial charge on any atom is 0.165 e. The first-order valence-electron chi connectivity index (χ1n) is 9.61. The topological polar surface area (TPSA) is 55.8 Å². The highest BCUT2D eigenvalue weighted by Gasteiger charge is 2.15. The number of hydrogen-bond donors (Lipinski definition) is 1. The Hall–Kier alpha value is -2.33. The van der Waals surface area contributed by atoms with Crippen LogP contribution in [0.3, 0.4) is 0 Å². The number of aryl methyl sites for hydroxylation is 1. The molecule has 146 valence electrons. The molecule has 2 aromatic carbocycles. The van der Waals surface area contributed by atoms with Gasteiger partial charge >= 0.3 is 0 Å². The first-order valence-corrected chi connectivity index (χ1v) is 9.61. The van der Waals surface area contributed by atoms with Crippen molar-refractivity contribution in [2.75, 3.05) is 14.2 Å². The Bertz CT molecular complexity index is 697. The van der Waals surface area contributed by atoms with Crippen molar-refractivity contribution in [3.05, 3.63) is 59.7 Å². The summed E-state index contributed by atoms with van der Waals surface area (Å²) in [6.45, 7) is 0. The highest BCUT2D eigenvalue weighted by atomic mass is 16.5. The molecule has 2 aromatic rings. The van der Waals surface area contributed by atoms with E-state index in [2.05, 4.69) is 24.3 Å². The summed E-state index contributed by atoms with van der Waals surface area (Å²) in [6.07, 6.45) is 5.62. The standard InChI is InChI=1S/C23H30O4/c1-26-22-15-14-19(16-23(22)27-2)21(25)17-20(24)13-9-4-3-6-10-18-11-7-5-8-12-18/h5,7-8,11-12,14-16,20,24H,3-4,6,9-10,13,17H2,1-2H3. The monoisotopic (exact) mass is 370 g/mol. The van der Waals surface area contributed by atoms with Gasteiger partial charge in [0.15, 0.2) is 17.3 Å². The zero-order valence-corrected chi connectivity index (χ0v) is 16.3. The minimum absolute atomic E-state index is 0.0764. The van der Waals surface area contributed by atoms with Crippen LogP contribution in [-0.4, -0.2) is 31.2 Å². The van der Waals surface area contributed by atoms with Gasteiger partial charge in [0.2, 0.25) is 0 Å². The molecular weight excluding hydrogens is 340 g/mol. The van der Waals surface area contributed by atoms with Crippen molar-refractivity contribution in [2.45, 2.75) is 51.0 Å². The Morgan fingerprint density at radius 1 is 0.926 bits per heavy atom. The van der Waals surface area contributed by atoms with Crippen LogP contribution in [0.25, 0.3) is 0 Å². The maximum atomic E-state index is 12.4. The van der Waals surface area contributed by atoms with E-state index in [0.717, 1.165) is 32.1 Å². The van der Waals surface area contributed by atoms with Gasteiger partial charge in [0, 0.05) is 12.0 Å². The van der Waals surface area contributed by atoms with Gasteiger partial charge in [-0.25, -0.2) is 0 Å². The normalized spacial score (nSPS) is 11.8.